The highest BCUT2D eigenvalue weighted by Crippen LogP contribution is 2.09. The van der Waals surface area contributed by atoms with E-state index in [0.717, 1.165) is 19.4 Å². The average Bonchev–Trinajstić information content (AvgIpc) is 2.33. The Morgan fingerprint density at radius 2 is 1.93 bits per heavy atom. The highest BCUT2D eigenvalue weighted by molar-refractivity contribution is 6.17. The van der Waals surface area contributed by atoms with E-state index in [9.17, 15) is 9.59 Å². The maximum atomic E-state index is 11.5. The van der Waals surface area contributed by atoms with Crippen LogP contribution < -0.4 is 0 Å². The van der Waals surface area contributed by atoms with Gasteiger partial charge in [-0.05, 0) is 12.8 Å². The lowest BCUT2D eigenvalue weighted by Crippen LogP contribution is -2.31. The molecule has 0 aromatic heterocycles. The number of ketones is 1. The van der Waals surface area contributed by atoms with Gasteiger partial charge in [0.15, 0.2) is 0 Å². The Bertz CT molecular complexity index is 218. The molecule has 4 heteroatoms. The third-order valence-corrected chi connectivity index (χ3v) is 2.71. The van der Waals surface area contributed by atoms with E-state index in [0.29, 0.717) is 31.7 Å². The van der Waals surface area contributed by atoms with Crippen LogP contribution in [-0.2, 0) is 9.59 Å². The number of unbranched alkanes of at least 4 members (excludes halogenated alkanes) is 1. The summed E-state index contributed by atoms with van der Waals surface area (Å²) in [6.45, 7) is 1.35. The molecule has 1 amide bonds. The Balaban J connectivity index is 2.34. The molecule has 0 bridgehead atoms. The number of carbonyl (C=O) groups is 2. The Morgan fingerprint density at radius 3 is 2.64 bits per heavy atom. The van der Waals surface area contributed by atoms with Crippen LogP contribution in [-0.4, -0.2) is 35.6 Å². The second kappa shape index (κ2) is 6.02. The van der Waals surface area contributed by atoms with Gasteiger partial charge in [0.05, 0.1) is 0 Å². The van der Waals surface area contributed by atoms with Crippen molar-refractivity contribution < 1.29 is 9.59 Å². The molecule has 0 spiro atoms. The normalized spacial score (nSPS) is 18.5. The van der Waals surface area contributed by atoms with Crippen molar-refractivity contribution in [1.29, 1.82) is 0 Å². The molecule has 0 aromatic rings. The zero-order chi connectivity index (χ0) is 10.4. The first-order valence-electron chi connectivity index (χ1n) is 5.09. The number of halogens is 1. The van der Waals surface area contributed by atoms with Crippen LogP contribution in [0.1, 0.15) is 32.1 Å². The molecule has 0 aromatic carbocycles. The van der Waals surface area contributed by atoms with E-state index in [2.05, 4.69) is 0 Å². The van der Waals surface area contributed by atoms with Gasteiger partial charge in [-0.1, -0.05) is 0 Å². The van der Waals surface area contributed by atoms with Crippen molar-refractivity contribution in [3.05, 3.63) is 0 Å². The van der Waals surface area contributed by atoms with Crippen molar-refractivity contribution >= 4 is 23.3 Å². The lowest BCUT2D eigenvalue weighted by atomic mass is 10.2. The van der Waals surface area contributed by atoms with Crippen molar-refractivity contribution in [2.75, 3.05) is 19.0 Å². The van der Waals surface area contributed by atoms with Crippen LogP contribution >= 0.6 is 11.6 Å². The van der Waals surface area contributed by atoms with Crippen molar-refractivity contribution in [3.8, 4) is 0 Å². The van der Waals surface area contributed by atoms with Crippen LogP contribution in [0, 0.1) is 0 Å². The largest absolute Gasteiger partial charge is 0.342 e. The van der Waals surface area contributed by atoms with Gasteiger partial charge in [0, 0.05) is 38.2 Å². The Labute approximate surface area is 89.4 Å². The van der Waals surface area contributed by atoms with Crippen molar-refractivity contribution in [1.82, 2.24) is 4.90 Å². The minimum absolute atomic E-state index is 0.116. The SMILES string of the molecule is O=C1CCC(=O)N(CCCCCl)CC1. The van der Waals surface area contributed by atoms with Crippen molar-refractivity contribution in [3.63, 3.8) is 0 Å². The van der Waals surface area contributed by atoms with Gasteiger partial charge in [-0.2, -0.15) is 0 Å². The maximum absolute atomic E-state index is 11.5. The van der Waals surface area contributed by atoms with Gasteiger partial charge in [0.25, 0.3) is 0 Å². The summed E-state index contributed by atoms with van der Waals surface area (Å²) >= 11 is 5.55. The van der Waals surface area contributed by atoms with Crippen LogP contribution in [0.25, 0.3) is 0 Å². The maximum Gasteiger partial charge on any atom is 0.223 e. The van der Waals surface area contributed by atoms with Crippen LogP contribution in [0.15, 0.2) is 0 Å². The zero-order valence-corrected chi connectivity index (χ0v) is 9.05. The molecule has 0 N–H and O–H groups in total. The van der Waals surface area contributed by atoms with Gasteiger partial charge < -0.3 is 4.90 Å². The molecule has 1 rings (SSSR count). The molecule has 0 saturated carbocycles. The highest BCUT2D eigenvalue weighted by Gasteiger charge is 2.19. The van der Waals surface area contributed by atoms with Gasteiger partial charge >= 0.3 is 0 Å². The molecular weight excluding hydrogens is 202 g/mol. The standard InChI is InChI=1S/C10H16ClNO2/c11-6-1-2-7-12-8-5-9(13)3-4-10(12)14/h1-8H2. The molecule has 0 unspecified atom stereocenters. The summed E-state index contributed by atoms with van der Waals surface area (Å²) in [5, 5.41) is 0. The fourth-order valence-corrected chi connectivity index (χ4v) is 1.74. The number of Topliss-reactive ketones (excluding diaryl/α,β-unsaturated/α-hetero) is 1. The smallest absolute Gasteiger partial charge is 0.223 e. The van der Waals surface area contributed by atoms with Gasteiger partial charge in [-0.25, -0.2) is 0 Å². The van der Waals surface area contributed by atoms with Crippen LogP contribution in [0.2, 0.25) is 0 Å². The summed E-state index contributed by atoms with van der Waals surface area (Å²) in [4.78, 5) is 24.4. The van der Waals surface area contributed by atoms with E-state index < -0.39 is 0 Å². The quantitative estimate of drug-likeness (QED) is 0.530. The number of hydrogen-bond donors (Lipinski definition) is 0. The van der Waals surface area contributed by atoms with Crippen LogP contribution in [0.5, 0.6) is 0 Å². The number of alkyl halides is 1. The van der Waals surface area contributed by atoms with E-state index >= 15 is 0 Å². The van der Waals surface area contributed by atoms with Crippen LogP contribution in [0.4, 0.5) is 0 Å². The predicted octanol–water partition coefficient (Wildman–Crippen LogP) is 1.59. The van der Waals surface area contributed by atoms with E-state index in [-0.39, 0.29) is 11.7 Å². The van der Waals surface area contributed by atoms with Gasteiger partial charge in [0.2, 0.25) is 5.91 Å². The number of rotatable bonds is 4. The Morgan fingerprint density at radius 1 is 1.14 bits per heavy atom. The van der Waals surface area contributed by atoms with E-state index in [1.54, 1.807) is 4.90 Å². The summed E-state index contributed by atoms with van der Waals surface area (Å²) in [7, 11) is 0. The third kappa shape index (κ3) is 3.66. The molecule has 1 saturated heterocycles. The van der Waals surface area contributed by atoms with Crippen molar-refractivity contribution in [2.24, 2.45) is 0 Å². The molecular formula is C10H16ClNO2. The number of carbonyl (C=O) groups excluding carboxylic acids is 2. The minimum atomic E-state index is 0.116. The van der Waals surface area contributed by atoms with Gasteiger partial charge in [-0.15, -0.1) is 11.6 Å². The summed E-state index contributed by atoms with van der Waals surface area (Å²) in [6, 6.07) is 0. The lowest BCUT2D eigenvalue weighted by Gasteiger charge is -2.19. The molecule has 3 nitrogen and oxygen atoms in total. The van der Waals surface area contributed by atoms with E-state index in [1.807, 2.05) is 0 Å². The van der Waals surface area contributed by atoms with Gasteiger partial charge in [-0.3, -0.25) is 9.59 Å². The fourth-order valence-electron chi connectivity index (χ4n) is 1.55. The Kier molecular flexibility index (Phi) is 4.94. The third-order valence-electron chi connectivity index (χ3n) is 2.44. The summed E-state index contributed by atoms with van der Waals surface area (Å²) < 4.78 is 0. The minimum Gasteiger partial charge on any atom is -0.342 e. The average molecular weight is 218 g/mol. The number of nitrogens with zero attached hydrogens (tertiary/aromatic N) is 1. The summed E-state index contributed by atoms with van der Waals surface area (Å²) in [5.74, 6) is 0.963. The Hall–Kier alpha value is -0.570. The monoisotopic (exact) mass is 217 g/mol. The molecule has 1 heterocycles. The molecule has 0 atom stereocenters. The molecule has 0 aliphatic carbocycles. The van der Waals surface area contributed by atoms with E-state index in [4.69, 9.17) is 11.6 Å². The zero-order valence-electron chi connectivity index (χ0n) is 8.30. The first-order chi connectivity index (χ1) is 6.74. The first kappa shape index (κ1) is 11.5. The second-order valence-electron chi connectivity index (χ2n) is 3.57. The number of hydrogen-bond acceptors (Lipinski definition) is 2. The number of amides is 1. The lowest BCUT2D eigenvalue weighted by molar-refractivity contribution is -0.131. The molecule has 1 fully saturated rings. The van der Waals surface area contributed by atoms with Crippen LogP contribution in [0.3, 0.4) is 0 Å². The fraction of sp³-hybridized carbons (Fsp3) is 0.800. The predicted molar refractivity (Wildman–Crippen MR) is 55.4 cm³/mol. The first-order valence-corrected chi connectivity index (χ1v) is 5.63. The molecule has 1 aliphatic rings. The number of likely N-dealkylation sites (tertiary alicyclic amines) is 1. The highest BCUT2D eigenvalue weighted by atomic mass is 35.5. The molecule has 14 heavy (non-hydrogen) atoms. The second-order valence-corrected chi connectivity index (χ2v) is 3.94. The summed E-state index contributed by atoms with van der Waals surface area (Å²) in [6.07, 6.45) is 3.19. The molecule has 1 aliphatic heterocycles. The topological polar surface area (TPSA) is 37.4 Å². The molecule has 0 radical (unpaired) electrons. The van der Waals surface area contributed by atoms with Gasteiger partial charge in [0.1, 0.15) is 5.78 Å². The molecule has 80 valence electrons. The van der Waals surface area contributed by atoms with Crippen molar-refractivity contribution in [2.45, 2.75) is 32.1 Å². The van der Waals surface area contributed by atoms with E-state index in [1.165, 1.54) is 0 Å². The summed E-state index contributed by atoms with van der Waals surface area (Å²) in [5.41, 5.74) is 0.